The predicted octanol–water partition coefficient (Wildman–Crippen LogP) is 1.41. The normalized spacial score (nSPS) is 11.2. The van der Waals surface area contributed by atoms with Gasteiger partial charge < -0.3 is 24.9 Å². The number of aromatic hydroxyl groups is 1. The monoisotopic (exact) mass is 340 g/mol. The van der Waals surface area contributed by atoms with Crippen LogP contribution in [-0.4, -0.2) is 36.1 Å². The summed E-state index contributed by atoms with van der Waals surface area (Å²) in [5, 5.41) is 19.1. The summed E-state index contributed by atoms with van der Waals surface area (Å²) in [5.41, 5.74) is 2.36. The molecule has 1 heterocycles. The van der Waals surface area contributed by atoms with E-state index in [2.05, 4.69) is 9.98 Å². The molecule has 1 aromatic carbocycles. The highest BCUT2D eigenvalue weighted by molar-refractivity contribution is 7.45. The summed E-state index contributed by atoms with van der Waals surface area (Å²) in [6.45, 7) is 1.52. The van der Waals surface area contributed by atoms with Crippen LogP contribution in [0.25, 0.3) is 0 Å². The van der Waals surface area contributed by atoms with Crippen LogP contribution in [-0.2, 0) is 11.2 Å². The van der Waals surface area contributed by atoms with Crippen LogP contribution in [0.1, 0.15) is 16.8 Å². The van der Waals surface area contributed by atoms with Crippen LogP contribution in [0.4, 0.5) is 5.69 Å². The van der Waals surface area contributed by atoms with Crippen LogP contribution < -0.4 is 0 Å². The van der Waals surface area contributed by atoms with E-state index in [9.17, 15) is 10.2 Å². The van der Waals surface area contributed by atoms with Gasteiger partial charge in [-0.15, -0.1) is 0 Å². The molecule has 1 aromatic heterocycles. The van der Waals surface area contributed by atoms with Gasteiger partial charge >= 0.3 is 7.82 Å². The van der Waals surface area contributed by atoms with Crippen molar-refractivity contribution in [3.8, 4) is 5.75 Å². The van der Waals surface area contributed by atoms with Crippen molar-refractivity contribution in [2.24, 2.45) is 4.99 Å². The Labute approximate surface area is 132 Å². The SMILES string of the molecule is Cc1ncc(CO)c(C=Nc2ccccc2)c1O.O=P(O)(O)O. The average molecular weight is 340 g/mol. The third-order valence-corrected chi connectivity index (χ3v) is 2.63. The number of aliphatic hydroxyl groups excluding tert-OH is 1. The second-order valence-corrected chi connectivity index (χ2v) is 5.42. The number of benzene rings is 1. The molecule has 0 spiro atoms. The number of hydrogen-bond acceptors (Lipinski definition) is 5. The Hall–Kier alpha value is -2.09. The molecule has 0 unspecified atom stereocenters. The molecule has 0 saturated carbocycles. The van der Waals surface area contributed by atoms with E-state index in [-0.39, 0.29) is 12.4 Å². The zero-order chi connectivity index (χ0) is 17.5. The van der Waals surface area contributed by atoms with Gasteiger partial charge in [-0.3, -0.25) is 9.98 Å². The van der Waals surface area contributed by atoms with Gasteiger partial charge in [-0.25, -0.2) is 4.57 Å². The Kier molecular flexibility index (Phi) is 7.02. The highest BCUT2D eigenvalue weighted by atomic mass is 31.2. The van der Waals surface area contributed by atoms with Gasteiger partial charge in [-0.05, 0) is 19.1 Å². The lowest BCUT2D eigenvalue weighted by molar-refractivity contribution is 0.275. The topological polar surface area (TPSA) is 143 Å². The molecular weight excluding hydrogens is 323 g/mol. The zero-order valence-corrected chi connectivity index (χ0v) is 13.1. The molecule has 0 aliphatic heterocycles. The fraction of sp³-hybridized carbons (Fsp3) is 0.143. The van der Waals surface area contributed by atoms with E-state index in [1.807, 2.05) is 30.3 Å². The molecule has 124 valence electrons. The fourth-order valence-electron chi connectivity index (χ4n) is 1.58. The van der Waals surface area contributed by atoms with Crippen LogP contribution in [0.5, 0.6) is 5.75 Å². The molecule has 0 aliphatic rings. The molecule has 2 rings (SSSR count). The minimum absolute atomic E-state index is 0.0567. The maximum atomic E-state index is 9.92. The number of aromatic nitrogens is 1. The molecule has 5 N–H and O–H groups in total. The summed E-state index contributed by atoms with van der Waals surface area (Å²) in [4.78, 5) is 29.8. The van der Waals surface area contributed by atoms with Gasteiger partial charge in [0.1, 0.15) is 5.75 Å². The first-order valence-corrected chi connectivity index (χ1v) is 7.94. The van der Waals surface area contributed by atoms with Gasteiger partial charge in [0, 0.05) is 23.5 Å². The Morgan fingerprint density at radius 1 is 1.22 bits per heavy atom. The van der Waals surface area contributed by atoms with Gasteiger partial charge in [0.05, 0.1) is 18.0 Å². The third-order valence-electron chi connectivity index (χ3n) is 2.63. The maximum Gasteiger partial charge on any atom is 0.466 e. The van der Waals surface area contributed by atoms with Gasteiger partial charge in [0.15, 0.2) is 0 Å². The van der Waals surface area contributed by atoms with Crippen LogP contribution in [0, 0.1) is 6.92 Å². The van der Waals surface area contributed by atoms with E-state index in [0.29, 0.717) is 16.8 Å². The molecule has 0 atom stereocenters. The van der Waals surface area contributed by atoms with E-state index >= 15 is 0 Å². The molecule has 0 radical (unpaired) electrons. The standard InChI is InChI=1S/C14H14N2O2.H3O4P/c1-10-14(18)13(11(9-17)7-15-10)8-16-12-5-3-2-4-6-12;1-5(2,3)4/h2-8,17-18H,9H2,1H3;(H3,1,2,3,4). The molecule has 8 nitrogen and oxygen atoms in total. The average Bonchev–Trinajstić information content (AvgIpc) is 2.48. The van der Waals surface area contributed by atoms with Gasteiger partial charge in [0.2, 0.25) is 0 Å². The minimum Gasteiger partial charge on any atom is -0.505 e. The quantitative estimate of drug-likeness (QED) is 0.420. The fourth-order valence-corrected chi connectivity index (χ4v) is 1.58. The maximum absolute atomic E-state index is 9.92. The van der Waals surface area contributed by atoms with Crippen molar-refractivity contribution >= 4 is 19.7 Å². The predicted molar refractivity (Wildman–Crippen MR) is 84.5 cm³/mol. The number of phosphoric acid groups is 1. The molecule has 2 aromatic rings. The van der Waals surface area contributed by atoms with Crippen molar-refractivity contribution in [3.05, 3.63) is 53.3 Å². The third kappa shape index (κ3) is 7.14. The molecule has 0 saturated heterocycles. The summed E-state index contributed by atoms with van der Waals surface area (Å²) >= 11 is 0. The number of aliphatic imine (C=N–C) groups is 1. The van der Waals surface area contributed by atoms with E-state index in [1.165, 1.54) is 0 Å². The van der Waals surface area contributed by atoms with E-state index in [1.54, 1.807) is 19.3 Å². The van der Waals surface area contributed by atoms with Crippen molar-refractivity contribution in [2.75, 3.05) is 0 Å². The summed E-state index contributed by atoms with van der Waals surface area (Å²) in [5.74, 6) is 0.0567. The Bertz CT molecular complexity index is 706. The largest absolute Gasteiger partial charge is 0.505 e. The van der Waals surface area contributed by atoms with Gasteiger partial charge in [-0.2, -0.15) is 0 Å². The number of aliphatic hydroxyl groups is 1. The first-order chi connectivity index (χ1) is 10.7. The number of hydrogen-bond donors (Lipinski definition) is 5. The molecule has 0 fully saturated rings. The van der Waals surface area contributed by atoms with Crippen molar-refractivity contribution in [1.29, 1.82) is 0 Å². The lowest BCUT2D eigenvalue weighted by Gasteiger charge is -2.06. The number of rotatable bonds is 3. The van der Waals surface area contributed by atoms with Crippen molar-refractivity contribution in [2.45, 2.75) is 13.5 Å². The van der Waals surface area contributed by atoms with Crippen LogP contribution in [0.2, 0.25) is 0 Å². The molecule has 0 bridgehead atoms. The van der Waals surface area contributed by atoms with E-state index < -0.39 is 7.82 Å². The molecule has 0 aliphatic carbocycles. The van der Waals surface area contributed by atoms with Crippen molar-refractivity contribution in [3.63, 3.8) is 0 Å². The second kappa shape index (κ2) is 8.52. The first-order valence-electron chi connectivity index (χ1n) is 6.38. The zero-order valence-electron chi connectivity index (χ0n) is 12.2. The number of aryl methyl sites for hydroxylation is 1. The Balaban J connectivity index is 0.000000463. The molecular formula is C14H17N2O6P. The second-order valence-electron chi connectivity index (χ2n) is 4.40. The first kappa shape index (κ1) is 19.0. The van der Waals surface area contributed by atoms with Gasteiger partial charge in [-0.1, -0.05) is 18.2 Å². The Morgan fingerprint density at radius 2 is 1.78 bits per heavy atom. The van der Waals surface area contributed by atoms with Crippen LogP contribution in [0.15, 0.2) is 41.5 Å². The van der Waals surface area contributed by atoms with Crippen molar-refractivity contribution in [1.82, 2.24) is 4.98 Å². The smallest absolute Gasteiger partial charge is 0.466 e. The molecule has 9 heteroatoms. The van der Waals surface area contributed by atoms with Crippen LogP contribution in [0.3, 0.4) is 0 Å². The summed E-state index contributed by atoms with van der Waals surface area (Å²) in [6, 6.07) is 9.40. The summed E-state index contributed by atoms with van der Waals surface area (Å²) < 4.78 is 8.88. The Morgan fingerprint density at radius 3 is 2.30 bits per heavy atom. The highest BCUT2D eigenvalue weighted by Crippen LogP contribution is 2.26. The van der Waals surface area contributed by atoms with Gasteiger partial charge in [0.25, 0.3) is 0 Å². The molecule has 0 amide bonds. The molecule has 23 heavy (non-hydrogen) atoms. The van der Waals surface area contributed by atoms with E-state index in [0.717, 1.165) is 5.69 Å². The lowest BCUT2D eigenvalue weighted by Crippen LogP contribution is -1.97. The number of para-hydroxylation sites is 1. The number of nitrogens with zero attached hydrogens (tertiary/aromatic N) is 2. The highest BCUT2D eigenvalue weighted by Gasteiger charge is 2.08. The summed E-state index contributed by atoms with van der Waals surface area (Å²) in [6.07, 6.45) is 3.09. The number of pyridine rings is 1. The summed E-state index contributed by atoms with van der Waals surface area (Å²) in [7, 11) is -4.64. The van der Waals surface area contributed by atoms with Crippen molar-refractivity contribution < 1.29 is 29.5 Å². The van der Waals surface area contributed by atoms with Crippen LogP contribution >= 0.6 is 7.82 Å². The lowest BCUT2D eigenvalue weighted by atomic mass is 10.1. The van der Waals surface area contributed by atoms with E-state index in [4.69, 9.17) is 19.2 Å². The minimum atomic E-state index is -4.64.